The van der Waals surface area contributed by atoms with Crippen LogP contribution in [0.2, 0.25) is 5.02 Å². The van der Waals surface area contributed by atoms with Crippen LogP contribution in [-0.4, -0.2) is 21.4 Å². The molecule has 1 aliphatic rings. The van der Waals surface area contributed by atoms with Crippen LogP contribution in [0.5, 0.6) is 5.75 Å². The second kappa shape index (κ2) is 5.41. The van der Waals surface area contributed by atoms with Gasteiger partial charge in [0, 0.05) is 10.4 Å². The molecule has 6 heteroatoms. The van der Waals surface area contributed by atoms with Crippen LogP contribution in [0.15, 0.2) is 42.7 Å². The highest BCUT2D eigenvalue weighted by Crippen LogP contribution is 2.40. The molecule has 2 aromatic rings. The molecule has 110 valence electrons. The minimum absolute atomic E-state index is 0.103. The zero-order chi connectivity index (χ0) is 14.9. The summed E-state index contributed by atoms with van der Waals surface area (Å²) < 4.78 is 13.4. The number of benzene rings is 1. The number of nitrogens with zero attached hydrogens (tertiary/aromatic N) is 3. The van der Waals surface area contributed by atoms with E-state index in [-0.39, 0.29) is 5.41 Å². The zero-order valence-electron chi connectivity index (χ0n) is 11.9. The van der Waals surface area contributed by atoms with Crippen molar-refractivity contribution in [1.29, 1.82) is 0 Å². The molecule has 3 rings (SSSR count). The Morgan fingerprint density at radius 1 is 1.33 bits per heavy atom. The molecule has 0 spiro atoms. The minimum Gasteiger partial charge on any atom is -0.492 e. The molecule has 0 unspecified atom stereocenters. The summed E-state index contributed by atoms with van der Waals surface area (Å²) in [5.74, 6) is 1.99. The van der Waals surface area contributed by atoms with Gasteiger partial charge >= 0.3 is 0 Å². The first-order chi connectivity index (χ1) is 10.1. The standard InChI is InChI=1S/C15H16ClN3O2/c1-15(2)7-8-20-13(15)14(19-10-17-9-18-19)21-12-5-3-11(16)4-6-12/h3-6,9-10H,7-8H2,1-2H3. The van der Waals surface area contributed by atoms with Crippen molar-refractivity contribution in [3.05, 3.63) is 47.7 Å². The highest BCUT2D eigenvalue weighted by Gasteiger charge is 2.36. The van der Waals surface area contributed by atoms with E-state index in [4.69, 9.17) is 21.1 Å². The van der Waals surface area contributed by atoms with Gasteiger partial charge in [-0.2, -0.15) is 9.78 Å². The Balaban J connectivity index is 2.02. The summed E-state index contributed by atoms with van der Waals surface area (Å²) in [6, 6.07) is 7.17. The van der Waals surface area contributed by atoms with Gasteiger partial charge in [0.05, 0.1) is 6.61 Å². The van der Waals surface area contributed by atoms with Crippen molar-refractivity contribution in [3.63, 3.8) is 0 Å². The third-order valence-corrected chi connectivity index (χ3v) is 3.69. The lowest BCUT2D eigenvalue weighted by Gasteiger charge is -2.20. The van der Waals surface area contributed by atoms with Gasteiger partial charge in [-0.05, 0) is 30.7 Å². The van der Waals surface area contributed by atoms with E-state index in [0.29, 0.717) is 23.3 Å². The molecule has 21 heavy (non-hydrogen) atoms. The largest absolute Gasteiger partial charge is 0.492 e. The Kier molecular flexibility index (Phi) is 3.59. The van der Waals surface area contributed by atoms with Gasteiger partial charge in [-0.15, -0.1) is 0 Å². The van der Waals surface area contributed by atoms with Crippen LogP contribution >= 0.6 is 11.6 Å². The first-order valence-electron chi connectivity index (χ1n) is 6.72. The number of halogens is 1. The average Bonchev–Trinajstić information content (AvgIpc) is 3.08. The van der Waals surface area contributed by atoms with E-state index >= 15 is 0 Å². The predicted molar refractivity (Wildman–Crippen MR) is 79.7 cm³/mol. The van der Waals surface area contributed by atoms with Crippen LogP contribution < -0.4 is 4.74 Å². The summed E-state index contributed by atoms with van der Waals surface area (Å²) in [5, 5.41) is 4.82. The summed E-state index contributed by atoms with van der Waals surface area (Å²) in [6.45, 7) is 4.92. The maximum atomic E-state index is 5.99. The van der Waals surface area contributed by atoms with Gasteiger partial charge in [0.25, 0.3) is 5.88 Å². The normalized spacial score (nSPS) is 19.2. The molecule has 5 nitrogen and oxygen atoms in total. The first kappa shape index (κ1) is 13.9. The van der Waals surface area contributed by atoms with Gasteiger partial charge in [0.15, 0.2) is 5.76 Å². The van der Waals surface area contributed by atoms with E-state index < -0.39 is 0 Å². The maximum Gasteiger partial charge on any atom is 0.261 e. The van der Waals surface area contributed by atoms with Crippen LogP contribution in [0.3, 0.4) is 0 Å². The lowest BCUT2D eigenvalue weighted by molar-refractivity contribution is 0.236. The molecule has 0 amide bonds. The SMILES string of the molecule is CC1(C)CCOC1=C(Oc1ccc(Cl)cc1)n1cncn1. The number of hydrogen-bond donors (Lipinski definition) is 0. The molecule has 1 aliphatic heterocycles. The molecule has 0 N–H and O–H groups in total. The Labute approximate surface area is 128 Å². The van der Waals surface area contributed by atoms with Crippen LogP contribution in [0.4, 0.5) is 0 Å². The third kappa shape index (κ3) is 2.88. The topological polar surface area (TPSA) is 49.2 Å². The van der Waals surface area contributed by atoms with Crippen molar-refractivity contribution in [3.8, 4) is 5.75 Å². The average molecular weight is 306 g/mol. The molecule has 0 saturated carbocycles. The Hall–Kier alpha value is -2.01. The number of ether oxygens (including phenoxy) is 2. The van der Waals surface area contributed by atoms with Gasteiger partial charge in [-0.1, -0.05) is 25.4 Å². The lowest BCUT2D eigenvalue weighted by atomic mass is 9.89. The van der Waals surface area contributed by atoms with Gasteiger partial charge in [0.2, 0.25) is 0 Å². The van der Waals surface area contributed by atoms with Gasteiger partial charge < -0.3 is 9.47 Å². The first-order valence-corrected chi connectivity index (χ1v) is 7.10. The third-order valence-electron chi connectivity index (χ3n) is 3.44. The number of allylic oxidation sites excluding steroid dienone is 1. The van der Waals surface area contributed by atoms with Gasteiger partial charge in [0.1, 0.15) is 18.4 Å². The van der Waals surface area contributed by atoms with Crippen LogP contribution in [-0.2, 0) is 4.74 Å². The van der Waals surface area contributed by atoms with Crippen molar-refractivity contribution in [1.82, 2.24) is 14.8 Å². The summed E-state index contributed by atoms with van der Waals surface area (Å²) >= 11 is 5.90. The summed E-state index contributed by atoms with van der Waals surface area (Å²) in [6.07, 6.45) is 3.99. The smallest absolute Gasteiger partial charge is 0.261 e. The summed E-state index contributed by atoms with van der Waals surface area (Å²) in [7, 11) is 0. The maximum absolute atomic E-state index is 5.99. The van der Waals surface area contributed by atoms with Crippen molar-refractivity contribution < 1.29 is 9.47 Å². The fourth-order valence-electron chi connectivity index (χ4n) is 2.19. The second-order valence-corrected chi connectivity index (χ2v) is 5.95. The Bertz CT molecular complexity index is 648. The molecular weight excluding hydrogens is 290 g/mol. The monoisotopic (exact) mass is 305 g/mol. The summed E-state index contributed by atoms with van der Waals surface area (Å²) in [4.78, 5) is 3.98. The van der Waals surface area contributed by atoms with E-state index in [1.807, 2.05) is 12.1 Å². The highest BCUT2D eigenvalue weighted by molar-refractivity contribution is 6.30. The second-order valence-electron chi connectivity index (χ2n) is 5.51. The highest BCUT2D eigenvalue weighted by atomic mass is 35.5. The van der Waals surface area contributed by atoms with Crippen LogP contribution in [0.1, 0.15) is 20.3 Å². The van der Waals surface area contributed by atoms with Crippen molar-refractivity contribution >= 4 is 17.5 Å². The van der Waals surface area contributed by atoms with Crippen molar-refractivity contribution in [2.75, 3.05) is 6.61 Å². The summed E-state index contributed by atoms with van der Waals surface area (Å²) in [5.41, 5.74) is -0.103. The lowest BCUT2D eigenvalue weighted by Crippen LogP contribution is -2.16. The van der Waals surface area contributed by atoms with Gasteiger partial charge in [-0.25, -0.2) is 4.98 Å². The van der Waals surface area contributed by atoms with E-state index in [1.54, 1.807) is 23.1 Å². The molecule has 1 aromatic carbocycles. The number of rotatable bonds is 3. The molecule has 1 aromatic heterocycles. The Morgan fingerprint density at radius 2 is 2.10 bits per heavy atom. The molecule has 0 atom stereocenters. The Morgan fingerprint density at radius 3 is 2.67 bits per heavy atom. The number of aromatic nitrogens is 3. The molecule has 1 fully saturated rings. The molecule has 0 aliphatic carbocycles. The van der Waals surface area contributed by atoms with Gasteiger partial charge in [-0.3, -0.25) is 0 Å². The fraction of sp³-hybridized carbons (Fsp3) is 0.333. The molecule has 0 bridgehead atoms. The van der Waals surface area contributed by atoms with E-state index in [0.717, 1.165) is 12.2 Å². The van der Waals surface area contributed by atoms with E-state index in [9.17, 15) is 0 Å². The van der Waals surface area contributed by atoms with Crippen molar-refractivity contribution in [2.24, 2.45) is 5.41 Å². The van der Waals surface area contributed by atoms with Crippen LogP contribution in [0.25, 0.3) is 5.88 Å². The molecule has 1 saturated heterocycles. The fourth-order valence-corrected chi connectivity index (χ4v) is 2.32. The molecular formula is C15H16ClN3O2. The minimum atomic E-state index is -0.103. The predicted octanol–water partition coefficient (Wildman–Crippen LogP) is 3.58. The zero-order valence-corrected chi connectivity index (χ0v) is 12.7. The molecule has 0 radical (unpaired) electrons. The quantitative estimate of drug-likeness (QED) is 0.813. The van der Waals surface area contributed by atoms with E-state index in [1.165, 1.54) is 6.33 Å². The molecule has 2 heterocycles. The number of hydrogen-bond acceptors (Lipinski definition) is 4. The van der Waals surface area contributed by atoms with E-state index in [2.05, 4.69) is 23.9 Å². The van der Waals surface area contributed by atoms with Crippen molar-refractivity contribution in [2.45, 2.75) is 20.3 Å². The van der Waals surface area contributed by atoms with Crippen LogP contribution in [0, 0.1) is 5.41 Å².